The Morgan fingerprint density at radius 2 is 1.97 bits per heavy atom. The third kappa shape index (κ3) is 3.50. The van der Waals surface area contributed by atoms with Gasteiger partial charge in [0.25, 0.3) is 0 Å². The lowest BCUT2D eigenvalue weighted by atomic mass is 10.1. The van der Waals surface area contributed by atoms with Crippen molar-refractivity contribution in [2.45, 2.75) is 36.8 Å². The zero-order valence-corrected chi connectivity index (χ0v) is 17.9. The third-order valence-corrected chi connectivity index (χ3v) is 7.39. The standard InChI is InChI=1S/C20H21F3N4O3S/c1-4-31(24,29)15-9-12(11-5-6-11)7-8-13(15)18-25-14-10-16(20(21,22)23)27(30-3)19(28)17(14)26(18)2/h7-11,24H,4-6H2,1-3H3. The Bertz CT molecular complexity index is 1350. The highest BCUT2D eigenvalue weighted by molar-refractivity contribution is 7.92. The van der Waals surface area contributed by atoms with E-state index in [4.69, 9.17) is 9.62 Å². The minimum atomic E-state index is -4.82. The highest BCUT2D eigenvalue weighted by Gasteiger charge is 2.37. The van der Waals surface area contributed by atoms with E-state index in [1.807, 2.05) is 6.07 Å². The molecule has 0 bridgehead atoms. The normalized spacial score (nSPS) is 16.5. The van der Waals surface area contributed by atoms with Gasteiger partial charge in [-0.15, -0.1) is 4.73 Å². The number of aryl methyl sites for hydroxylation is 1. The molecule has 4 rings (SSSR count). The highest BCUT2D eigenvalue weighted by atomic mass is 32.2. The largest absolute Gasteiger partial charge is 0.435 e. The minimum absolute atomic E-state index is 0.0762. The van der Waals surface area contributed by atoms with Crippen molar-refractivity contribution >= 4 is 20.8 Å². The molecule has 3 aromatic rings. The van der Waals surface area contributed by atoms with Crippen LogP contribution < -0.4 is 10.4 Å². The fraction of sp³-hybridized carbons (Fsp3) is 0.400. The van der Waals surface area contributed by atoms with E-state index in [2.05, 4.69) is 4.98 Å². The maximum Gasteiger partial charge on any atom is 0.435 e. The van der Waals surface area contributed by atoms with Crippen molar-refractivity contribution in [3.05, 3.63) is 45.9 Å². The molecule has 11 heteroatoms. The summed E-state index contributed by atoms with van der Waals surface area (Å²) in [6.45, 7) is 1.64. The second-order valence-corrected chi connectivity index (χ2v) is 9.90. The lowest BCUT2D eigenvalue weighted by Gasteiger charge is -2.14. The van der Waals surface area contributed by atoms with Crippen molar-refractivity contribution in [3.8, 4) is 11.4 Å². The van der Waals surface area contributed by atoms with Crippen molar-refractivity contribution in [1.29, 1.82) is 4.78 Å². The number of hydrogen-bond acceptors (Lipinski definition) is 5. The summed E-state index contributed by atoms with van der Waals surface area (Å²) in [5.41, 5.74) is -1.19. The molecule has 0 amide bonds. The first-order chi connectivity index (χ1) is 14.5. The summed E-state index contributed by atoms with van der Waals surface area (Å²) in [5.74, 6) is 0.607. The molecule has 166 valence electrons. The molecule has 1 aliphatic carbocycles. The van der Waals surface area contributed by atoms with Crippen LogP contribution in [-0.4, -0.2) is 31.4 Å². The molecule has 7 nitrogen and oxygen atoms in total. The van der Waals surface area contributed by atoms with Gasteiger partial charge in [0.1, 0.15) is 18.5 Å². The SMILES string of the molecule is CCS(=N)(=O)c1cc(C2CC2)ccc1-c1nc2cc(C(F)(F)F)n(OC)c(=O)c2n1C. The van der Waals surface area contributed by atoms with Crippen LogP contribution in [0, 0.1) is 4.78 Å². The molecule has 1 aromatic carbocycles. The fourth-order valence-corrected chi connectivity index (χ4v) is 4.86. The molecule has 1 aliphatic rings. The Hall–Kier alpha value is -2.82. The predicted octanol–water partition coefficient (Wildman–Crippen LogP) is 3.78. The van der Waals surface area contributed by atoms with Crippen LogP contribution in [0.4, 0.5) is 13.2 Å². The molecule has 1 fully saturated rings. The molecular weight excluding hydrogens is 433 g/mol. The Labute approximate surface area is 176 Å². The number of benzene rings is 1. The van der Waals surface area contributed by atoms with Gasteiger partial charge in [-0.1, -0.05) is 13.0 Å². The average Bonchev–Trinajstić information content (AvgIpc) is 3.50. The quantitative estimate of drug-likeness (QED) is 0.635. The van der Waals surface area contributed by atoms with Crippen LogP contribution >= 0.6 is 0 Å². The summed E-state index contributed by atoms with van der Waals surface area (Å²) >= 11 is 0. The summed E-state index contributed by atoms with van der Waals surface area (Å²) in [6.07, 6.45) is -2.78. The topological polar surface area (TPSA) is 90.0 Å². The molecule has 1 saturated carbocycles. The monoisotopic (exact) mass is 454 g/mol. The molecule has 0 aliphatic heterocycles. The third-order valence-electron chi connectivity index (χ3n) is 5.53. The minimum Gasteiger partial charge on any atom is -0.413 e. The zero-order valence-electron chi connectivity index (χ0n) is 17.1. The Kier molecular flexibility index (Phi) is 4.91. The van der Waals surface area contributed by atoms with E-state index >= 15 is 0 Å². The van der Waals surface area contributed by atoms with Gasteiger partial charge in [0.05, 0.1) is 20.1 Å². The second-order valence-electron chi connectivity index (χ2n) is 7.53. The average molecular weight is 454 g/mol. The fourth-order valence-electron chi connectivity index (χ4n) is 3.71. The summed E-state index contributed by atoms with van der Waals surface area (Å²) in [7, 11) is -0.682. The summed E-state index contributed by atoms with van der Waals surface area (Å²) in [6, 6.07) is 6.03. The lowest BCUT2D eigenvalue weighted by molar-refractivity contribution is -0.151. The molecule has 1 N–H and O–H groups in total. The maximum absolute atomic E-state index is 13.4. The van der Waals surface area contributed by atoms with Gasteiger partial charge in [-0.2, -0.15) is 13.2 Å². The Balaban J connectivity index is 2.03. The van der Waals surface area contributed by atoms with Gasteiger partial charge < -0.3 is 9.40 Å². The second kappa shape index (κ2) is 7.11. The number of aromatic nitrogens is 3. The van der Waals surface area contributed by atoms with Crippen LogP contribution in [-0.2, 0) is 23.0 Å². The van der Waals surface area contributed by atoms with Crippen LogP contribution in [0.15, 0.2) is 34.0 Å². The van der Waals surface area contributed by atoms with E-state index < -0.39 is 27.2 Å². The summed E-state index contributed by atoms with van der Waals surface area (Å²) in [5, 5.41) is 0. The summed E-state index contributed by atoms with van der Waals surface area (Å²) in [4.78, 5) is 22.0. The molecule has 2 heterocycles. The smallest absolute Gasteiger partial charge is 0.413 e. The predicted molar refractivity (Wildman–Crippen MR) is 110 cm³/mol. The number of pyridine rings is 1. The number of nitrogens with zero attached hydrogens (tertiary/aromatic N) is 3. The van der Waals surface area contributed by atoms with E-state index in [-0.39, 0.29) is 32.2 Å². The van der Waals surface area contributed by atoms with Crippen molar-refractivity contribution in [3.63, 3.8) is 0 Å². The van der Waals surface area contributed by atoms with Crippen molar-refractivity contribution in [2.24, 2.45) is 7.05 Å². The van der Waals surface area contributed by atoms with Gasteiger partial charge in [-0.25, -0.2) is 14.0 Å². The molecular formula is C20H21F3N4O3S. The van der Waals surface area contributed by atoms with E-state index in [0.717, 1.165) is 31.6 Å². The molecule has 0 saturated heterocycles. The lowest BCUT2D eigenvalue weighted by Crippen LogP contribution is -2.32. The molecule has 1 atom stereocenters. The molecule has 1 unspecified atom stereocenters. The van der Waals surface area contributed by atoms with Crippen LogP contribution in [0.1, 0.15) is 36.9 Å². The molecule has 0 radical (unpaired) electrons. The van der Waals surface area contributed by atoms with Gasteiger partial charge in [0.2, 0.25) is 0 Å². The number of halogens is 3. The first-order valence-corrected chi connectivity index (χ1v) is 11.4. The number of fused-ring (bicyclic) bond motifs is 1. The Morgan fingerprint density at radius 3 is 2.52 bits per heavy atom. The van der Waals surface area contributed by atoms with Crippen LogP contribution in [0.5, 0.6) is 0 Å². The number of nitrogens with one attached hydrogen (secondary N) is 1. The number of rotatable bonds is 5. The van der Waals surface area contributed by atoms with E-state index in [9.17, 15) is 22.2 Å². The maximum atomic E-state index is 13.4. The van der Waals surface area contributed by atoms with E-state index in [1.54, 1.807) is 19.1 Å². The molecule has 2 aromatic heterocycles. The number of hydrogen-bond donors (Lipinski definition) is 1. The number of alkyl halides is 3. The van der Waals surface area contributed by atoms with Gasteiger partial charge in [-0.05, 0) is 42.5 Å². The first kappa shape index (κ1) is 21.4. The van der Waals surface area contributed by atoms with Gasteiger partial charge in [0, 0.05) is 18.4 Å². The van der Waals surface area contributed by atoms with Crippen molar-refractivity contribution in [2.75, 3.05) is 12.9 Å². The zero-order chi connectivity index (χ0) is 22.7. The van der Waals surface area contributed by atoms with Crippen molar-refractivity contribution < 1.29 is 22.2 Å². The van der Waals surface area contributed by atoms with Crippen molar-refractivity contribution in [1.82, 2.24) is 14.3 Å². The van der Waals surface area contributed by atoms with E-state index in [0.29, 0.717) is 11.5 Å². The molecule has 0 spiro atoms. The van der Waals surface area contributed by atoms with Gasteiger partial charge in [-0.3, -0.25) is 4.79 Å². The molecule has 31 heavy (non-hydrogen) atoms. The Morgan fingerprint density at radius 1 is 1.29 bits per heavy atom. The van der Waals surface area contributed by atoms with Crippen LogP contribution in [0.25, 0.3) is 22.4 Å². The van der Waals surface area contributed by atoms with Crippen LogP contribution in [0.2, 0.25) is 0 Å². The van der Waals surface area contributed by atoms with Gasteiger partial charge in [0.15, 0.2) is 5.69 Å². The van der Waals surface area contributed by atoms with Crippen LogP contribution in [0.3, 0.4) is 0 Å². The van der Waals surface area contributed by atoms with E-state index in [1.165, 1.54) is 11.6 Å². The first-order valence-electron chi connectivity index (χ1n) is 9.64. The number of imidazole rings is 1. The highest BCUT2D eigenvalue weighted by Crippen LogP contribution is 2.42. The summed E-state index contributed by atoms with van der Waals surface area (Å²) < 4.78 is 63.2. The van der Waals surface area contributed by atoms with Gasteiger partial charge >= 0.3 is 11.7 Å².